The monoisotopic (exact) mass is 532 g/mol. The van der Waals surface area contributed by atoms with Crippen LogP contribution in [0.4, 0.5) is 13.2 Å². The summed E-state index contributed by atoms with van der Waals surface area (Å²) in [6, 6.07) is 3.58. The second-order valence-electron chi connectivity index (χ2n) is 11.4. The molecule has 3 rings (SSSR count). The summed E-state index contributed by atoms with van der Waals surface area (Å²) in [5, 5.41) is 10.3. The molecule has 0 aliphatic heterocycles. The Balaban J connectivity index is 1.46. The molecule has 1 aromatic rings. The Hall–Kier alpha value is -2.01. The van der Waals surface area contributed by atoms with Gasteiger partial charge in [0.05, 0.1) is 12.7 Å². The lowest BCUT2D eigenvalue weighted by atomic mass is 9.75. The topological polar surface area (TPSA) is 29.5 Å². The highest BCUT2D eigenvalue weighted by molar-refractivity contribution is 5.29. The van der Waals surface area contributed by atoms with Crippen LogP contribution < -0.4 is 0 Å². The second kappa shape index (κ2) is 15.5. The van der Waals surface area contributed by atoms with E-state index in [0.29, 0.717) is 48.2 Å². The van der Waals surface area contributed by atoms with Gasteiger partial charge >= 0.3 is 0 Å². The minimum atomic E-state index is -0.686. The number of hydrogen-bond donors (Lipinski definition) is 1. The third-order valence-corrected chi connectivity index (χ3v) is 8.70. The van der Waals surface area contributed by atoms with Gasteiger partial charge in [0.15, 0.2) is 11.6 Å². The van der Waals surface area contributed by atoms with Crippen LogP contribution in [0, 0.1) is 29.4 Å². The molecule has 5 heteroatoms. The van der Waals surface area contributed by atoms with Crippen LogP contribution in [0.25, 0.3) is 0 Å². The summed E-state index contributed by atoms with van der Waals surface area (Å²) in [5.74, 6) is 0.0429. The van der Waals surface area contributed by atoms with Gasteiger partial charge in [-0.15, -0.1) is 0 Å². The van der Waals surface area contributed by atoms with Crippen molar-refractivity contribution in [1.82, 2.24) is 0 Å². The molecule has 0 saturated heterocycles. The Morgan fingerprint density at radius 3 is 2.34 bits per heavy atom. The molecule has 2 aliphatic carbocycles. The summed E-state index contributed by atoms with van der Waals surface area (Å²) in [6.07, 6.45) is 15.2. The zero-order valence-corrected chi connectivity index (χ0v) is 23.4. The van der Waals surface area contributed by atoms with Crippen LogP contribution in [-0.2, 0) is 11.2 Å². The lowest BCUT2D eigenvalue weighted by molar-refractivity contribution is 0.0727. The maximum absolute atomic E-state index is 15.1. The molecular weight excluding hydrogens is 485 g/mol. The third kappa shape index (κ3) is 8.76. The summed E-state index contributed by atoms with van der Waals surface area (Å²) in [6.45, 7) is 8.06. The van der Waals surface area contributed by atoms with E-state index in [0.717, 1.165) is 70.6 Å². The Morgan fingerprint density at radius 1 is 1.03 bits per heavy atom. The van der Waals surface area contributed by atoms with Gasteiger partial charge in [-0.05, 0) is 106 Å². The summed E-state index contributed by atoms with van der Waals surface area (Å²) in [7, 11) is 0. The smallest absolute Gasteiger partial charge is 0.162 e. The van der Waals surface area contributed by atoms with Gasteiger partial charge in [-0.1, -0.05) is 51.0 Å². The Labute approximate surface area is 228 Å². The van der Waals surface area contributed by atoms with Gasteiger partial charge < -0.3 is 9.84 Å². The van der Waals surface area contributed by atoms with Gasteiger partial charge in [0.1, 0.15) is 11.6 Å². The van der Waals surface area contributed by atoms with Crippen molar-refractivity contribution < 1.29 is 23.0 Å². The number of allylic oxidation sites excluding steroid dienone is 4. The normalized spacial score (nSPS) is 25.7. The number of aliphatic hydroxyl groups excluding tert-OH is 1. The van der Waals surface area contributed by atoms with E-state index in [1.165, 1.54) is 6.08 Å². The number of halogens is 3. The third-order valence-electron chi connectivity index (χ3n) is 8.70. The first-order valence-corrected chi connectivity index (χ1v) is 14.8. The minimum absolute atomic E-state index is 0.0326. The molecule has 1 atom stereocenters. The number of ether oxygens (including phenoxy) is 1. The molecule has 0 bridgehead atoms. The van der Waals surface area contributed by atoms with Crippen molar-refractivity contribution in [3.05, 3.63) is 71.3 Å². The maximum atomic E-state index is 15.1. The molecule has 0 aromatic heterocycles. The number of hydrogen-bond acceptors (Lipinski definition) is 2. The van der Waals surface area contributed by atoms with E-state index >= 15 is 8.78 Å². The van der Waals surface area contributed by atoms with Crippen molar-refractivity contribution in [1.29, 1.82) is 0 Å². The zero-order chi connectivity index (χ0) is 27.5. The van der Waals surface area contributed by atoms with Crippen molar-refractivity contribution >= 4 is 0 Å². The standard InChI is InChI=1S/C33H47F3O2/c1-4-7-29(38-6-3)22-28(34)21-24-11-9-23(10-12-24)13-14-27-19-20-30(33(36)32(27)35)25-15-17-26(18-16-25)31(37)8-5-2/h4,7,19-20,22-26,31,37H,1,5-6,8-18,21H2,2-3H3/b28-22+,29-7+. The molecular formula is C33H47F3O2. The van der Waals surface area contributed by atoms with Gasteiger partial charge in [-0.2, -0.15) is 0 Å². The SMILES string of the molecule is C=C/C=C(\C=C(\F)CC1CCC(CCc2ccc(C3CCC(C(O)CCC)CC3)c(F)c2F)CC1)OCC. The van der Waals surface area contributed by atoms with Crippen LogP contribution in [0.2, 0.25) is 0 Å². The Morgan fingerprint density at radius 2 is 1.71 bits per heavy atom. The summed E-state index contributed by atoms with van der Waals surface area (Å²) < 4.78 is 50.0. The zero-order valence-electron chi connectivity index (χ0n) is 23.4. The van der Waals surface area contributed by atoms with Crippen LogP contribution in [0.15, 0.2) is 48.5 Å². The number of aryl methyl sites for hydroxylation is 1. The van der Waals surface area contributed by atoms with Crippen molar-refractivity contribution in [3.8, 4) is 0 Å². The van der Waals surface area contributed by atoms with E-state index in [1.807, 2.05) is 6.92 Å². The largest absolute Gasteiger partial charge is 0.494 e. The van der Waals surface area contributed by atoms with E-state index in [-0.39, 0.29) is 23.8 Å². The fraction of sp³-hybridized carbons (Fsp3) is 0.636. The lowest BCUT2D eigenvalue weighted by Crippen LogP contribution is -2.25. The van der Waals surface area contributed by atoms with Crippen molar-refractivity contribution in [2.75, 3.05) is 6.61 Å². The number of aliphatic hydroxyl groups is 1. The predicted octanol–water partition coefficient (Wildman–Crippen LogP) is 9.49. The van der Waals surface area contributed by atoms with Crippen LogP contribution >= 0.6 is 0 Å². The fourth-order valence-electron chi connectivity index (χ4n) is 6.45. The van der Waals surface area contributed by atoms with Crippen molar-refractivity contribution in [3.63, 3.8) is 0 Å². The predicted molar refractivity (Wildman–Crippen MR) is 149 cm³/mol. The highest BCUT2D eigenvalue weighted by atomic mass is 19.2. The second-order valence-corrected chi connectivity index (χ2v) is 11.4. The molecule has 2 nitrogen and oxygen atoms in total. The molecule has 38 heavy (non-hydrogen) atoms. The molecule has 2 aliphatic rings. The fourth-order valence-corrected chi connectivity index (χ4v) is 6.45. The van der Waals surface area contributed by atoms with Gasteiger partial charge in [0.25, 0.3) is 0 Å². The van der Waals surface area contributed by atoms with Crippen LogP contribution in [0.3, 0.4) is 0 Å². The van der Waals surface area contributed by atoms with E-state index in [2.05, 4.69) is 13.5 Å². The first-order valence-electron chi connectivity index (χ1n) is 14.8. The van der Waals surface area contributed by atoms with Crippen LogP contribution in [-0.4, -0.2) is 17.8 Å². The van der Waals surface area contributed by atoms with E-state index in [9.17, 15) is 9.50 Å². The summed E-state index contributed by atoms with van der Waals surface area (Å²) in [5.41, 5.74) is 0.965. The Kier molecular flexibility index (Phi) is 12.5. The molecule has 212 valence electrons. The van der Waals surface area contributed by atoms with Crippen LogP contribution in [0.1, 0.15) is 108 Å². The van der Waals surface area contributed by atoms with E-state index in [4.69, 9.17) is 4.74 Å². The van der Waals surface area contributed by atoms with Crippen molar-refractivity contribution in [2.24, 2.45) is 17.8 Å². The molecule has 0 spiro atoms. The Bertz CT molecular complexity index is 938. The molecule has 1 aromatic carbocycles. The number of rotatable bonds is 13. The molecule has 0 heterocycles. The minimum Gasteiger partial charge on any atom is -0.494 e. The molecule has 2 fully saturated rings. The van der Waals surface area contributed by atoms with Gasteiger partial charge in [-0.25, -0.2) is 13.2 Å². The summed E-state index contributed by atoms with van der Waals surface area (Å²) in [4.78, 5) is 0. The van der Waals surface area contributed by atoms with Crippen molar-refractivity contribution in [2.45, 2.75) is 109 Å². The van der Waals surface area contributed by atoms with Gasteiger partial charge in [0.2, 0.25) is 0 Å². The first kappa shape index (κ1) is 30.5. The molecule has 0 radical (unpaired) electrons. The summed E-state index contributed by atoms with van der Waals surface area (Å²) >= 11 is 0. The van der Waals surface area contributed by atoms with E-state index < -0.39 is 11.6 Å². The van der Waals surface area contributed by atoms with E-state index in [1.54, 1.807) is 24.3 Å². The van der Waals surface area contributed by atoms with Gasteiger partial charge in [-0.3, -0.25) is 0 Å². The van der Waals surface area contributed by atoms with Gasteiger partial charge in [0, 0.05) is 12.5 Å². The average molecular weight is 533 g/mol. The first-order chi connectivity index (χ1) is 18.4. The highest BCUT2D eigenvalue weighted by Gasteiger charge is 2.29. The maximum Gasteiger partial charge on any atom is 0.162 e. The average Bonchev–Trinajstić information content (AvgIpc) is 2.91. The highest BCUT2D eigenvalue weighted by Crippen LogP contribution is 2.40. The number of benzene rings is 1. The lowest BCUT2D eigenvalue weighted by Gasteiger charge is -2.32. The molecule has 1 N–H and O–H groups in total. The quantitative estimate of drug-likeness (QED) is 0.202. The molecule has 1 unspecified atom stereocenters. The molecule has 2 saturated carbocycles. The molecule has 0 amide bonds. The van der Waals surface area contributed by atoms with Crippen LogP contribution in [0.5, 0.6) is 0 Å².